The van der Waals surface area contributed by atoms with Gasteiger partial charge in [-0.2, -0.15) is 0 Å². The molecule has 0 fully saturated rings. The second-order valence-corrected chi connectivity index (χ2v) is 4.00. The first-order chi connectivity index (χ1) is 7.31. The predicted molar refractivity (Wildman–Crippen MR) is 66.4 cm³/mol. The zero-order valence-electron chi connectivity index (χ0n) is 8.08. The number of alkyl halides is 1. The Balaban J connectivity index is 2.53. The van der Waals surface area contributed by atoms with Crippen LogP contribution in [0.15, 0.2) is 48.5 Å². The zero-order chi connectivity index (χ0) is 10.7. The van der Waals surface area contributed by atoms with Gasteiger partial charge in [0.25, 0.3) is 0 Å². The molecular formula is C13H10Cl2. The maximum Gasteiger partial charge on any atom is 0.0480 e. The molecular weight excluding hydrogens is 227 g/mol. The molecule has 0 saturated carbocycles. The Morgan fingerprint density at radius 2 is 1.73 bits per heavy atom. The van der Waals surface area contributed by atoms with Gasteiger partial charge in [-0.15, -0.1) is 11.6 Å². The molecule has 0 N–H and O–H groups in total. The molecule has 0 aliphatic rings. The monoisotopic (exact) mass is 236 g/mol. The molecule has 15 heavy (non-hydrogen) atoms. The van der Waals surface area contributed by atoms with Gasteiger partial charge in [0.1, 0.15) is 0 Å². The fourth-order valence-electron chi connectivity index (χ4n) is 1.57. The van der Waals surface area contributed by atoms with Crippen LogP contribution in [0.4, 0.5) is 0 Å². The number of hydrogen-bond acceptors (Lipinski definition) is 0. The highest BCUT2D eigenvalue weighted by Gasteiger charge is 2.03. The maximum absolute atomic E-state index is 5.96. The van der Waals surface area contributed by atoms with Gasteiger partial charge in [-0.25, -0.2) is 0 Å². The van der Waals surface area contributed by atoms with E-state index in [0.717, 1.165) is 21.7 Å². The minimum Gasteiger partial charge on any atom is -0.122 e. The maximum atomic E-state index is 5.96. The molecule has 2 heteroatoms. The first-order valence-corrected chi connectivity index (χ1v) is 5.62. The average Bonchev–Trinajstić information content (AvgIpc) is 2.29. The molecule has 0 aromatic heterocycles. The summed E-state index contributed by atoms with van der Waals surface area (Å²) >= 11 is 11.8. The van der Waals surface area contributed by atoms with Crippen molar-refractivity contribution in [2.45, 2.75) is 5.88 Å². The standard InChI is InChI=1S/C13H10Cl2/c14-9-11-4-1-2-7-13(11)10-5-3-6-12(15)8-10/h1-8H,9H2. The highest BCUT2D eigenvalue weighted by molar-refractivity contribution is 6.30. The summed E-state index contributed by atoms with van der Waals surface area (Å²) in [6.07, 6.45) is 0. The molecule has 2 aromatic carbocycles. The lowest BCUT2D eigenvalue weighted by molar-refractivity contribution is 1.40. The van der Waals surface area contributed by atoms with Crippen molar-refractivity contribution in [3.8, 4) is 11.1 Å². The summed E-state index contributed by atoms with van der Waals surface area (Å²) in [5.41, 5.74) is 3.38. The molecule has 0 bridgehead atoms. The average molecular weight is 237 g/mol. The molecule has 0 amide bonds. The van der Waals surface area contributed by atoms with Crippen molar-refractivity contribution < 1.29 is 0 Å². The minimum absolute atomic E-state index is 0.517. The Morgan fingerprint density at radius 1 is 0.933 bits per heavy atom. The van der Waals surface area contributed by atoms with Crippen LogP contribution in [0.5, 0.6) is 0 Å². The topological polar surface area (TPSA) is 0 Å². The largest absolute Gasteiger partial charge is 0.122 e. The molecule has 0 saturated heterocycles. The summed E-state index contributed by atoms with van der Waals surface area (Å²) in [6.45, 7) is 0. The predicted octanol–water partition coefficient (Wildman–Crippen LogP) is 4.75. The Bertz CT molecular complexity index is 464. The number of hydrogen-bond donors (Lipinski definition) is 0. The van der Waals surface area contributed by atoms with Crippen LogP contribution < -0.4 is 0 Å². The number of rotatable bonds is 2. The van der Waals surface area contributed by atoms with Crippen molar-refractivity contribution in [3.63, 3.8) is 0 Å². The molecule has 0 spiro atoms. The number of halogens is 2. The van der Waals surface area contributed by atoms with Crippen LogP contribution >= 0.6 is 23.2 Å². The van der Waals surface area contributed by atoms with E-state index in [-0.39, 0.29) is 0 Å². The van der Waals surface area contributed by atoms with Crippen LogP contribution in [0.25, 0.3) is 11.1 Å². The van der Waals surface area contributed by atoms with Crippen LogP contribution in [0.3, 0.4) is 0 Å². The van der Waals surface area contributed by atoms with E-state index >= 15 is 0 Å². The molecule has 0 aliphatic heterocycles. The third kappa shape index (κ3) is 2.34. The van der Waals surface area contributed by atoms with Gasteiger partial charge in [0.15, 0.2) is 0 Å². The fraction of sp³-hybridized carbons (Fsp3) is 0.0769. The minimum atomic E-state index is 0.517. The van der Waals surface area contributed by atoms with E-state index in [9.17, 15) is 0 Å². The van der Waals surface area contributed by atoms with Gasteiger partial charge in [0.05, 0.1) is 0 Å². The summed E-state index contributed by atoms with van der Waals surface area (Å²) in [5.74, 6) is 0.517. The first kappa shape index (κ1) is 10.5. The molecule has 0 aliphatic carbocycles. The van der Waals surface area contributed by atoms with Crippen LogP contribution in [0.1, 0.15) is 5.56 Å². The van der Waals surface area contributed by atoms with E-state index in [1.54, 1.807) is 0 Å². The fourth-order valence-corrected chi connectivity index (χ4v) is 2.00. The summed E-state index contributed by atoms with van der Waals surface area (Å²) in [6, 6.07) is 15.9. The molecule has 0 radical (unpaired) electrons. The van der Waals surface area contributed by atoms with Crippen molar-refractivity contribution in [1.29, 1.82) is 0 Å². The van der Waals surface area contributed by atoms with Crippen molar-refractivity contribution >= 4 is 23.2 Å². The number of benzene rings is 2. The van der Waals surface area contributed by atoms with Gasteiger partial charge in [0, 0.05) is 10.9 Å². The SMILES string of the molecule is ClCc1ccccc1-c1cccc(Cl)c1. The third-order valence-electron chi connectivity index (χ3n) is 2.30. The Labute approximate surface area is 99.5 Å². The molecule has 0 heterocycles. The Morgan fingerprint density at radius 3 is 2.47 bits per heavy atom. The molecule has 2 aromatic rings. The highest BCUT2D eigenvalue weighted by Crippen LogP contribution is 2.26. The van der Waals surface area contributed by atoms with E-state index in [1.165, 1.54) is 0 Å². The Hall–Kier alpha value is -0.980. The van der Waals surface area contributed by atoms with Gasteiger partial charge in [-0.3, -0.25) is 0 Å². The molecule has 2 rings (SSSR count). The van der Waals surface area contributed by atoms with Crippen molar-refractivity contribution in [3.05, 3.63) is 59.1 Å². The molecule has 76 valence electrons. The van der Waals surface area contributed by atoms with Crippen molar-refractivity contribution in [2.75, 3.05) is 0 Å². The Kier molecular flexibility index (Phi) is 3.30. The van der Waals surface area contributed by atoms with Crippen LogP contribution in [0.2, 0.25) is 5.02 Å². The summed E-state index contributed by atoms with van der Waals surface area (Å²) in [4.78, 5) is 0. The highest BCUT2D eigenvalue weighted by atomic mass is 35.5. The van der Waals surface area contributed by atoms with E-state index in [0.29, 0.717) is 5.88 Å². The van der Waals surface area contributed by atoms with Gasteiger partial charge >= 0.3 is 0 Å². The molecule has 0 atom stereocenters. The van der Waals surface area contributed by atoms with E-state index < -0.39 is 0 Å². The quantitative estimate of drug-likeness (QED) is 0.661. The van der Waals surface area contributed by atoms with Crippen LogP contribution in [-0.4, -0.2) is 0 Å². The summed E-state index contributed by atoms with van der Waals surface area (Å²) < 4.78 is 0. The van der Waals surface area contributed by atoms with Gasteiger partial charge < -0.3 is 0 Å². The van der Waals surface area contributed by atoms with Crippen LogP contribution in [-0.2, 0) is 5.88 Å². The van der Waals surface area contributed by atoms with Crippen molar-refractivity contribution in [2.24, 2.45) is 0 Å². The normalized spacial score (nSPS) is 10.3. The lowest BCUT2D eigenvalue weighted by atomic mass is 10.0. The smallest absolute Gasteiger partial charge is 0.0480 e. The van der Waals surface area contributed by atoms with E-state index in [1.807, 2.05) is 42.5 Å². The zero-order valence-corrected chi connectivity index (χ0v) is 9.59. The van der Waals surface area contributed by atoms with Crippen molar-refractivity contribution in [1.82, 2.24) is 0 Å². The second-order valence-electron chi connectivity index (χ2n) is 3.30. The molecule has 0 nitrogen and oxygen atoms in total. The van der Waals surface area contributed by atoms with Crippen LogP contribution in [0, 0.1) is 0 Å². The van der Waals surface area contributed by atoms with Gasteiger partial charge in [-0.1, -0.05) is 48.0 Å². The summed E-state index contributed by atoms with van der Waals surface area (Å²) in [7, 11) is 0. The third-order valence-corrected chi connectivity index (χ3v) is 2.82. The lowest BCUT2D eigenvalue weighted by Gasteiger charge is -2.07. The molecule has 0 unspecified atom stereocenters. The summed E-state index contributed by atoms with van der Waals surface area (Å²) in [5, 5.41) is 0.747. The van der Waals surface area contributed by atoms with Gasteiger partial charge in [-0.05, 0) is 28.8 Å². The van der Waals surface area contributed by atoms with E-state index in [2.05, 4.69) is 6.07 Å². The second kappa shape index (κ2) is 4.69. The lowest BCUT2D eigenvalue weighted by Crippen LogP contribution is -1.85. The van der Waals surface area contributed by atoms with E-state index in [4.69, 9.17) is 23.2 Å². The first-order valence-electron chi connectivity index (χ1n) is 4.71. The van der Waals surface area contributed by atoms with Gasteiger partial charge in [0.2, 0.25) is 0 Å².